The predicted octanol–water partition coefficient (Wildman–Crippen LogP) is 2.72. The second-order valence-corrected chi connectivity index (χ2v) is 8.34. The van der Waals surface area contributed by atoms with Gasteiger partial charge in [0.05, 0.1) is 16.8 Å². The summed E-state index contributed by atoms with van der Waals surface area (Å²) in [4.78, 5) is 27.6. The van der Waals surface area contributed by atoms with Crippen LogP contribution in [0.3, 0.4) is 0 Å². The lowest BCUT2D eigenvalue weighted by molar-refractivity contribution is 0.0946. The summed E-state index contributed by atoms with van der Waals surface area (Å²) in [6.07, 6.45) is 3.05. The lowest BCUT2D eigenvalue weighted by atomic mass is 9.86. The fourth-order valence-electron chi connectivity index (χ4n) is 4.28. The van der Waals surface area contributed by atoms with Crippen LogP contribution in [0.5, 0.6) is 0 Å². The molecule has 3 N–H and O–H groups in total. The molecule has 1 amide bonds. The molecule has 0 atom stereocenters. The molecule has 1 aliphatic carbocycles. The first-order valence-electron chi connectivity index (χ1n) is 10.2. The Labute approximate surface area is 169 Å². The van der Waals surface area contributed by atoms with Crippen molar-refractivity contribution in [1.29, 1.82) is 0 Å². The third-order valence-corrected chi connectivity index (χ3v) is 6.15. The molecule has 1 aliphatic heterocycles. The molecule has 7 heteroatoms. The first-order valence-corrected chi connectivity index (χ1v) is 10.2. The van der Waals surface area contributed by atoms with E-state index in [2.05, 4.69) is 34.6 Å². The van der Waals surface area contributed by atoms with E-state index in [9.17, 15) is 4.79 Å². The summed E-state index contributed by atoms with van der Waals surface area (Å²) in [6, 6.07) is 9.02. The average Bonchev–Trinajstić information content (AvgIpc) is 3.09. The third kappa shape index (κ3) is 3.15. The van der Waals surface area contributed by atoms with E-state index in [1.807, 2.05) is 31.2 Å². The van der Waals surface area contributed by atoms with E-state index >= 15 is 0 Å². The van der Waals surface area contributed by atoms with Gasteiger partial charge in [-0.2, -0.15) is 0 Å². The summed E-state index contributed by atoms with van der Waals surface area (Å²) in [5.41, 5.74) is 6.23. The smallest absolute Gasteiger partial charge is 0.253 e. The fraction of sp³-hybridized carbons (Fsp3) is 0.409. The van der Waals surface area contributed by atoms with E-state index < -0.39 is 0 Å². The maximum absolute atomic E-state index is 12.2. The number of carbonyl (C=O) groups is 1. The minimum atomic E-state index is -0.0151. The summed E-state index contributed by atoms with van der Waals surface area (Å²) < 4.78 is 0. The molecule has 2 aromatic heterocycles. The van der Waals surface area contributed by atoms with E-state index in [4.69, 9.17) is 9.97 Å². The molecule has 1 fully saturated rings. The Hall–Kier alpha value is -2.93. The monoisotopic (exact) mass is 390 g/mol. The standard InChI is InChI=1S/C22H26N6O/c1-12-21(25-13-9-14(10-13)28(2)3)27-20-15(5-4-6-18(20)24-12)19-11-16-17(26-19)7-8-23-22(16)29/h4-6,11,13-14,26H,7-10H2,1-3H3,(H,23,29)(H,25,27)/t13-,14-. The van der Waals surface area contributed by atoms with Gasteiger partial charge in [-0.05, 0) is 46.0 Å². The van der Waals surface area contributed by atoms with Crippen LogP contribution in [0.1, 0.15) is 34.6 Å². The summed E-state index contributed by atoms with van der Waals surface area (Å²) in [5.74, 6) is 0.833. The van der Waals surface area contributed by atoms with Crippen LogP contribution in [0.2, 0.25) is 0 Å². The minimum absolute atomic E-state index is 0.0151. The number of benzene rings is 1. The van der Waals surface area contributed by atoms with Gasteiger partial charge in [0, 0.05) is 42.0 Å². The van der Waals surface area contributed by atoms with E-state index in [1.165, 1.54) is 0 Å². The lowest BCUT2D eigenvalue weighted by Crippen LogP contribution is -2.47. The van der Waals surface area contributed by atoms with Crippen molar-refractivity contribution in [3.8, 4) is 11.3 Å². The number of fused-ring (bicyclic) bond motifs is 2. The maximum atomic E-state index is 12.2. The molecule has 5 rings (SSSR count). The second-order valence-electron chi connectivity index (χ2n) is 8.34. The number of nitrogens with zero attached hydrogens (tertiary/aromatic N) is 3. The maximum Gasteiger partial charge on any atom is 0.253 e. The van der Waals surface area contributed by atoms with Gasteiger partial charge in [0.2, 0.25) is 0 Å². The van der Waals surface area contributed by atoms with Crippen LogP contribution in [-0.2, 0) is 6.42 Å². The van der Waals surface area contributed by atoms with Crippen molar-refractivity contribution in [2.24, 2.45) is 0 Å². The number of hydrogen-bond acceptors (Lipinski definition) is 5. The number of amides is 1. The van der Waals surface area contributed by atoms with E-state index in [-0.39, 0.29) is 5.91 Å². The van der Waals surface area contributed by atoms with Gasteiger partial charge < -0.3 is 20.5 Å². The first-order chi connectivity index (χ1) is 14.0. The molecule has 3 aromatic rings. The van der Waals surface area contributed by atoms with Gasteiger partial charge in [-0.3, -0.25) is 4.79 Å². The quantitative estimate of drug-likeness (QED) is 0.638. The first kappa shape index (κ1) is 18.1. The largest absolute Gasteiger partial charge is 0.366 e. The van der Waals surface area contributed by atoms with Crippen LogP contribution >= 0.6 is 0 Å². The Balaban J connectivity index is 1.51. The summed E-state index contributed by atoms with van der Waals surface area (Å²) >= 11 is 0. The van der Waals surface area contributed by atoms with Gasteiger partial charge in [0.1, 0.15) is 11.3 Å². The van der Waals surface area contributed by atoms with Gasteiger partial charge in [-0.15, -0.1) is 0 Å². The molecule has 0 bridgehead atoms. The molecule has 3 heterocycles. The van der Waals surface area contributed by atoms with Crippen LogP contribution in [0.25, 0.3) is 22.3 Å². The van der Waals surface area contributed by atoms with E-state index in [0.29, 0.717) is 18.6 Å². The number of anilines is 1. The Bertz CT molecular complexity index is 1100. The Kier molecular flexibility index (Phi) is 4.28. The number of nitrogens with one attached hydrogen (secondary N) is 3. The van der Waals surface area contributed by atoms with Crippen LogP contribution in [0.4, 0.5) is 5.82 Å². The highest BCUT2D eigenvalue weighted by Gasteiger charge is 2.31. The van der Waals surface area contributed by atoms with Gasteiger partial charge in [-0.25, -0.2) is 9.97 Å². The fourth-order valence-corrected chi connectivity index (χ4v) is 4.28. The Morgan fingerprint density at radius 3 is 2.76 bits per heavy atom. The van der Waals surface area contributed by atoms with Crippen molar-refractivity contribution < 1.29 is 4.79 Å². The number of aromatic nitrogens is 3. The molecule has 150 valence electrons. The number of aromatic amines is 1. The van der Waals surface area contributed by atoms with Gasteiger partial charge >= 0.3 is 0 Å². The molecule has 0 spiro atoms. The highest BCUT2D eigenvalue weighted by Crippen LogP contribution is 2.32. The summed E-state index contributed by atoms with van der Waals surface area (Å²) in [7, 11) is 4.26. The molecule has 0 unspecified atom stereocenters. The van der Waals surface area contributed by atoms with Crippen molar-refractivity contribution in [3.63, 3.8) is 0 Å². The van der Waals surface area contributed by atoms with E-state index in [0.717, 1.165) is 64.3 Å². The van der Waals surface area contributed by atoms with Crippen molar-refractivity contribution in [2.75, 3.05) is 26.0 Å². The average molecular weight is 390 g/mol. The van der Waals surface area contributed by atoms with Crippen LogP contribution in [0, 0.1) is 6.92 Å². The second kappa shape index (κ2) is 6.84. The molecule has 1 saturated carbocycles. The van der Waals surface area contributed by atoms with Gasteiger partial charge in [0.15, 0.2) is 0 Å². The molecule has 2 aliphatic rings. The number of carbonyl (C=O) groups excluding carboxylic acids is 1. The number of rotatable bonds is 4. The van der Waals surface area contributed by atoms with Crippen LogP contribution in [0.15, 0.2) is 24.3 Å². The topological polar surface area (TPSA) is 85.9 Å². The van der Waals surface area contributed by atoms with Crippen molar-refractivity contribution in [1.82, 2.24) is 25.2 Å². The normalized spacial score (nSPS) is 21.0. The van der Waals surface area contributed by atoms with Crippen LogP contribution < -0.4 is 10.6 Å². The SMILES string of the molecule is Cc1nc2cccc(-c3cc4c([nH]3)CCNC4=O)c2nc1N[C@H]1C[C@H](N(C)C)C1. The van der Waals surface area contributed by atoms with Gasteiger partial charge in [0.25, 0.3) is 5.91 Å². The van der Waals surface area contributed by atoms with Crippen molar-refractivity contribution in [3.05, 3.63) is 41.2 Å². The third-order valence-electron chi connectivity index (χ3n) is 6.15. The highest BCUT2D eigenvalue weighted by atomic mass is 16.1. The molecule has 0 saturated heterocycles. The number of H-pyrrole nitrogens is 1. The molecule has 7 nitrogen and oxygen atoms in total. The number of para-hydroxylation sites is 1. The Morgan fingerprint density at radius 1 is 1.17 bits per heavy atom. The van der Waals surface area contributed by atoms with Gasteiger partial charge in [-0.1, -0.05) is 12.1 Å². The van der Waals surface area contributed by atoms with E-state index in [1.54, 1.807) is 0 Å². The molecule has 29 heavy (non-hydrogen) atoms. The number of hydrogen-bond donors (Lipinski definition) is 3. The zero-order valence-electron chi connectivity index (χ0n) is 17.0. The summed E-state index contributed by atoms with van der Waals surface area (Å²) in [5, 5.41) is 6.49. The lowest BCUT2D eigenvalue weighted by Gasteiger charge is -2.40. The van der Waals surface area contributed by atoms with Crippen molar-refractivity contribution >= 4 is 22.8 Å². The number of aryl methyl sites for hydroxylation is 1. The highest BCUT2D eigenvalue weighted by molar-refractivity contribution is 5.99. The predicted molar refractivity (Wildman–Crippen MR) is 114 cm³/mol. The molecule has 1 aromatic carbocycles. The molecular formula is C22H26N6O. The minimum Gasteiger partial charge on any atom is -0.366 e. The Morgan fingerprint density at radius 2 is 2.00 bits per heavy atom. The zero-order chi connectivity index (χ0) is 20.1. The zero-order valence-corrected chi connectivity index (χ0v) is 17.0. The summed E-state index contributed by atoms with van der Waals surface area (Å²) in [6.45, 7) is 2.67. The molecular weight excluding hydrogens is 364 g/mol. The van der Waals surface area contributed by atoms with Crippen molar-refractivity contribution in [2.45, 2.75) is 38.3 Å². The van der Waals surface area contributed by atoms with Crippen LogP contribution in [-0.4, -0.2) is 58.5 Å². The molecule has 0 radical (unpaired) electrons.